The molecule has 14 nitrogen and oxygen atoms in total. The van der Waals surface area contributed by atoms with E-state index >= 15 is 0 Å². The summed E-state index contributed by atoms with van der Waals surface area (Å²) in [6.07, 6.45) is 5.31. The number of pyridine rings is 1. The highest BCUT2D eigenvalue weighted by atomic mass is 32.2. The quantitative estimate of drug-likeness (QED) is 0.112. The Morgan fingerprint density at radius 1 is 1.13 bits per heavy atom. The van der Waals surface area contributed by atoms with Gasteiger partial charge in [0, 0.05) is 43.5 Å². The Bertz CT molecular complexity index is 2360. The number of aromatic amines is 1. The van der Waals surface area contributed by atoms with E-state index in [1.165, 1.54) is 12.1 Å². The predicted octanol–water partition coefficient (Wildman–Crippen LogP) is 5.50. The number of benzene rings is 2. The van der Waals surface area contributed by atoms with E-state index in [0.717, 1.165) is 47.5 Å². The molecule has 53 heavy (non-hydrogen) atoms. The van der Waals surface area contributed by atoms with Crippen LogP contribution in [0.4, 0.5) is 5.69 Å². The number of anilines is 1. The Morgan fingerprint density at radius 2 is 1.96 bits per heavy atom. The Balaban J connectivity index is 0.781. The predicted molar refractivity (Wildman–Crippen MR) is 198 cm³/mol. The highest BCUT2D eigenvalue weighted by Crippen LogP contribution is 2.32. The Morgan fingerprint density at radius 3 is 2.77 bits per heavy atom. The van der Waals surface area contributed by atoms with E-state index < -0.39 is 10.0 Å². The van der Waals surface area contributed by atoms with E-state index in [2.05, 4.69) is 36.1 Å². The number of thiophene rings is 1. The minimum absolute atomic E-state index is 0.0586. The number of carbonyl (C=O) groups excluding carboxylic acids is 1. The number of hydrogen-bond acceptors (Lipinski definition) is 12. The maximum atomic E-state index is 13.1. The minimum atomic E-state index is -3.91. The van der Waals surface area contributed by atoms with Gasteiger partial charge in [-0.15, -0.1) is 11.3 Å². The van der Waals surface area contributed by atoms with E-state index in [0.29, 0.717) is 45.9 Å². The third kappa shape index (κ3) is 8.61. The molecule has 1 amide bonds. The van der Waals surface area contributed by atoms with Gasteiger partial charge in [-0.25, -0.2) is 8.42 Å². The third-order valence-electron chi connectivity index (χ3n) is 8.90. The first kappa shape index (κ1) is 35.9. The summed E-state index contributed by atoms with van der Waals surface area (Å²) in [6, 6.07) is 17.4. The number of sulfonamides is 1. The molecule has 1 aliphatic rings. The van der Waals surface area contributed by atoms with Crippen molar-refractivity contribution in [2.24, 2.45) is 0 Å². The number of ether oxygens (including phenoxy) is 3. The first-order chi connectivity index (χ1) is 25.8. The number of hydrogen-bond donors (Lipinski definition) is 3. The van der Waals surface area contributed by atoms with Crippen molar-refractivity contribution in [2.75, 3.05) is 37.6 Å². The van der Waals surface area contributed by atoms with Crippen LogP contribution in [0.15, 0.2) is 81.8 Å². The average Bonchev–Trinajstić information content (AvgIpc) is 3.94. The molecule has 0 spiro atoms. The maximum Gasteiger partial charge on any atom is 0.261 e. The molecule has 1 fully saturated rings. The van der Waals surface area contributed by atoms with Gasteiger partial charge in [-0.2, -0.15) is 5.26 Å². The lowest BCUT2D eigenvalue weighted by Crippen LogP contribution is -2.37. The lowest BCUT2D eigenvalue weighted by atomic mass is 10.1. The second kappa shape index (κ2) is 16.0. The molecule has 16 heteroatoms. The van der Waals surface area contributed by atoms with Crippen molar-refractivity contribution in [1.82, 2.24) is 25.3 Å². The van der Waals surface area contributed by atoms with Crippen molar-refractivity contribution < 1.29 is 31.9 Å². The molecule has 0 atom stereocenters. The first-order valence-corrected chi connectivity index (χ1v) is 19.4. The second-order valence-corrected chi connectivity index (χ2v) is 15.2. The van der Waals surface area contributed by atoms with Gasteiger partial charge < -0.3 is 29.0 Å². The van der Waals surface area contributed by atoms with Gasteiger partial charge in [-0.3, -0.25) is 19.4 Å². The molecule has 1 saturated heterocycles. The van der Waals surface area contributed by atoms with Crippen LogP contribution in [-0.4, -0.2) is 73.4 Å². The van der Waals surface area contributed by atoms with Crippen LogP contribution < -0.4 is 19.5 Å². The van der Waals surface area contributed by atoms with E-state index in [1.807, 2.05) is 24.4 Å². The van der Waals surface area contributed by atoms with Crippen LogP contribution in [0.1, 0.15) is 35.3 Å². The summed E-state index contributed by atoms with van der Waals surface area (Å²) in [5, 5.41) is 18.8. The first-order valence-electron chi connectivity index (χ1n) is 17.0. The number of aryl methyl sites for hydroxylation is 1. The normalized spacial score (nSPS) is 14.0. The van der Waals surface area contributed by atoms with Crippen molar-refractivity contribution in [3.8, 4) is 17.7 Å². The fraction of sp³-hybridized carbons (Fsp3) is 0.297. The highest BCUT2D eigenvalue weighted by molar-refractivity contribution is 7.92. The molecule has 5 heterocycles. The minimum Gasteiger partial charge on any atom is -0.489 e. The molecular weight excluding hydrogens is 719 g/mol. The average molecular weight is 756 g/mol. The van der Waals surface area contributed by atoms with Crippen LogP contribution in [0.25, 0.3) is 21.1 Å². The molecule has 0 radical (unpaired) electrons. The highest BCUT2D eigenvalue weighted by Gasteiger charge is 2.23. The SMILES string of the molecule is Cc1ccc(NS(=O)(=O)c2ccc(CNC(=O)COCCOc3cc(CN4CCC(Oc5ccnc6ccsc56)CC4)on3)cc2)c2[nH]cc(C#N)c12. The number of nitrogens with one attached hydrogen (secondary N) is 3. The van der Waals surface area contributed by atoms with E-state index in [-0.39, 0.29) is 43.3 Å². The smallest absolute Gasteiger partial charge is 0.261 e. The number of carbonyl (C=O) groups is 1. The molecule has 4 aromatic heterocycles. The molecule has 3 N–H and O–H groups in total. The number of rotatable bonds is 15. The molecular formula is C37H37N7O7S2. The van der Waals surface area contributed by atoms with Gasteiger partial charge >= 0.3 is 0 Å². The zero-order valence-electron chi connectivity index (χ0n) is 28.8. The van der Waals surface area contributed by atoms with Crippen molar-refractivity contribution in [3.63, 3.8) is 0 Å². The zero-order chi connectivity index (χ0) is 36.8. The summed E-state index contributed by atoms with van der Waals surface area (Å²) in [7, 11) is -3.91. The molecule has 0 aliphatic carbocycles. The topological polar surface area (TPSA) is 185 Å². The van der Waals surface area contributed by atoms with E-state index in [4.69, 9.17) is 18.7 Å². The second-order valence-electron chi connectivity index (χ2n) is 12.6. The Labute approximate surface area is 309 Å². The van der Waals surface area contributed by atoms with E-state index in [9.17, 15) is 18.5 Å². The van der Waals surface area contributed by atoms with Crippen LogP contribution in [0.5, 0.6) is 11.6 Å². The molecule has 1 aliphatic heterocycles. The Hall–Kier alpha value is -5.47. The van der Waals surface area contributed by atoms with Crippen molar-refractivity contribution in [3.05, 3.63) is 94.8 Å². The van der Waals surface area contributed by atoms with Crippen molar-refractivity contribution >= 4 is 54.1 Å². The number of aromatic nitrogens is 3. The number of fused-ring (bicyclic) bond motifs is 2. The van der Waals surface area contributed by atoms with Gasteiger partial charge in [0.1, 0.15) is 31.1 Å². The number of nitrogens with zero attached hydrogens (tertiary/aromatic N) is 4. The number of likely N-dealkylation sites (tertiary alicyclic amines) is 1. The van der Waals surface area contributed by atoms with Crippen LogP contribution in [0, 0.1) is 18.3 Å². The monoisotopic (exact) mass is 755 g/mol. The third-order valence-corrected chi connectivity index (χ3v) is 11.2. The summed E-state index contributed by atoms with van der Waals surface area (Å²) in [4.78, 5) is 22.1. The lowest BCUT2D eigenvalue weighted by molar-refractivity contribution is -0.126. The molecule has 274 valence electrons. The number of amides is 1. The van der Waals surface area contributed by atoms with E-state index in [1.54, 1.807) is 54.1 Å². The molecule has 0 unspecified atom stereocenters. The summed E-state index contributed by atoms with van der Waals surface area (Å²) < 4.78 is 52.8. The molecule has 0 bridgehead atoms. The molecule has 0 saturated carbocycles. The van der Waals surface area contributed by atoms with Crippen molar-refractivity contribution in [2.45, 2.75) is 43.9 Å². The number of nitriles is 1. The number of H-pyrrole nitrogens is 1. The summed E-state index contributed by atoms with van der Waals surface area (Å²) in [6.45, 7) is 4.62. The van der Waals surface area contributed by atoms with Gasteiger partial charge in [0.25, 0.3) is 15.9 Å². The molecule has 6 aromatic rings. The van der Waals surface area contributed by atoms with Crippen molar-refractivity contribution in [1.29, 1.82) is 5.26 Å². The summed E-state index contributed by atoms with van der Waals surface area (Å²) in [5.41, 5.74) is 3.86. The zero-order valence-corrected chi connectivity index (χ0v) is 30.5. The van der Waals surface area contributed by atoms with Crippen LogP contribution in [0.3, 0.4) is 0 Å². The van der Waals surface area contributed by atoms with Gasteiger partial charge in [0.15, 0.2) is 5.76 Å². The standard InChI is InChI=1S/C37H37N7O7S2/c1-24-2-7-30(36-35(24)26(19-38)21-41-36)43-53(46,47)29-5-3-25(4-6-29)20-40-33(45)23-48-15-16-49-34-18-28(51-42-34)22-44-13-9-27(10-14-44)50-32-8-12-39-31-11-17-52-37(31)32/h2-8,11-12,17-18,21,27,41,43H,9-10,13-16,20,22-23H2,1H3,(H,40,45). The summed E-state index contributed by atoms with van der Waals surface area (Å²) in [5.74, 6) is 1.63. The molecule has 7 rings (SSSR count). The number of piperidine rings is 1. The van der Waals surface area contributed by atoms with Crippen LogP contribution >= 0.6 is 11.3 Å². The summed E-state index contributed by atoms with van der Waals surface area (Å²) >= 11 is 1.64. The molecule has 2 aromatic carbocycles. The maximum absolute atomic E-state index is 13.1. The van der Waals surface area contributed by atoms with Gasteiger partial charge in [0.2, 0.25) is 5.91 Å². The van der Waals surface area contributed by atoms with Crippen LogP contribution in [0.2, 0.25) is 0 Å². The van der Waals surface area contributed by atoms with Gasteiger partial charge in [0.05, 0.1) is 45.0 Å². The van der Waals surface area contributed by atoms with Crippen LogP contribution in [-0.2, 0) is 32.6 Å². The Kier molecular flexibility index (Phi) is 10.9. The fourth-order valence-corrected chi connectivity index (χ4v) is 8.05. The largest absolute Gasteiger partial charge is 0.489 e. The van der Waals surface area contributed by atoms with Gasteiger partial charge in [-0.1, -0.05) is 18.2 Å². The van der Waals surface area contributed by atoms with Gasteiger partial charge in [-0.05, 0) is 71.8 Å². The fourth-order valence-electron chi connectivity index (χ4n) is 6.17. The lowest BCUT2D eigenvalue weighted by Gasteiger charge is -2.31.